The summed E-state index contributed by atoms with van der Waals surface area (Å²) >= 11 is 3.52. The van der Waals surface area contributed by atoms with Crippen LogP contribution in [-0.2, 0) is 6.42 Å². The minimum Gasteiger partial charge on any atom is -0.371 e. The van der Waals surface area contributed by atoms with Crippen LogP contribution >= 0.6 is 15.9 Å². The molecule has 1 unspecified atom stereocenters. The summed E-state index contributed by atoms with van der Waals surface area (Å²) in [4.78, 5) is 14.7. The quantitative estimate of drug-likeness (QED) is 0.772. The maximum Gasteiger partial charge on any atom is 0.271 e. The van der Waals surface area contributed by atoms with Gasteiger partial charge in [-0.2, -0.15) is 5.10 Å². The molecule has 1 fully saturated rings. The number of H-pyrrole nitrogens is 1. The predicted octanol–water partition coefficient (Wildman–Crippen LogP) is 3.63. The second-order valence-corrected chi connectivity index (χ2v) is 8.08. The zero-order chi connectivity index (χ0) is 17.8. The van der Waals surface area contributed by atoms with Crippen molar-refractivity contribution in [3.05, 3.63) is 46.2 Å². The van der Waals surface area contributed by atoms with Gasteiger partial charge in [-0.3, -0.25) is 9.89 Å². The number of halogens is 1. The van der Waals surface area contributed by atoms with Crippen LogP contribution in [0.15, 0.2) is 34.8 Å². The number of hydrogen-bond donors (Lipinski definition) is 2. The Morgan fingerprint density at radius 3 is 3.04 bits per heavy atom. The first-order chi connectivity index (χ1) is 12.0. The van der Waals surface area contributed by atoms with Gasteiger partial charge in [0.1, 0.15) is 5.69 Å². The average molecular weight is 405 g/mol. The van der Waals surface area contributed by atoms with Crippen molar-refractivity contribution in [1.29, 1.82) is 0 Å². The molecule has 0 bridgehead atoms. The lowest BCUT2D eigenvalue weighted by atomic mass is 10.1. The number of aromatic amines is 1. The normalized spacial score (nSPS) is 17.3. The standard InChI is InChI=1S/C19H25BrN4O/c1-13(2)8-16-10-18(23-22-16)19(25)21-11-14-6-7-24(12-14)17-5-3-4-15(20)9-17/h3-5,9-10,13-14H,6-8,11-12H2,1-2H3,(H,21,25)(H,22,23). The summed E-state index contributed by atoms with van der Waals surface area (Å²) in [6.45, 7) is 6.99. The lowest BCUT2D eigenvalue weighted by Crippen LogP contribution is -2.31. The summed E-state index contributed by atoms with van der Waals surface area (Å²) in [5.41, 5.74) is 2.73. The molecule has 6 heteroatoms. The van der Waals surface area contributed by atoms with E-state index in [2.05, 4.69) is 68.4 Å². The first-order valence-corrected chi connectivity index (χ1v) is 9.63. The molecule has 0 spiro atoms. The maximum absolute atomic E-state index is 12.3. The Labute approximate surface area is 157 Å². The minimum absolute atomic E-state index is 0.0906. The number of amides is 1. The van der Waals surface area contributed by atoms with Gasteiger partial charge in [0.15, 0.2) is 0 Å². The summed E-state index contributed by atoms with van der Waals surface area (Å²) in [6.07, 6.45) is 2.00. The fraction of sp³-hybridized carbons (Fsp3) is 0.474. The maximum atomic E-state index is 12.3. The van der Waals surface area contributed by atoms with Crippen LogP contribution < -0.4 is 10.2 Å². The Morgan fingerprint density at radius 2 is 2.28 bits per heavy atom. The average Bonchev–Trinajstić information content (AvgIpc) is 3.21. The number of carbonyl (C=O) groups excluding carboxylic acids is 1. The van der Waals surface area contributed by atoms with E-state index >= 15 is 0 Å². The van der Waals surface area contributed by atoms with Crippen molar-refractivity contribution < 1.29 is 4.79 Å². The van der Waals surface area contributed by atoms with E-state index in [0.717, 1.165) is 36.1 Å². The molecule has 5 nitrogen and oxygen atoms in total. The molecule has 0 saturated carbocycles. The Balaban J connectivity index is 1.49. The van der Waals surface area contributed by atoms with Crippen molar-refractivity contribution in [3.8, 4) is 0 Å². The van der Waals surface area contributed by atoms with Gasteiger partial charge < -0.3 is 10.2 Å². The molecule has 1 amide bonds. The van der Waals surface area contributed by atoms with Crippen molar-refractivity contribution in [2.24, 2.45) is 11.8 Å². The van der Waals surface area contributed by atoms with E-state index in [-0.39, 0.29) is 5.91 Å². The molecule has 134 valence electrons. The number of hydrogen-bond acceptors (Lipinski definition) is 3. The van der Waals surface area contributed by atoms with Gasteiger partial charge >= 0.3 is 0 Å². The number of nitrogens with zero attached hydrogens (tertiary/aromatic N) is 2. The molecule has 3 rings (SSSR count). The molecular formula is C19H25BrN4O. The van der Waals surface area contributed by atoms with Crippen LogP contribution in [0.2, 0.25) is 0 Å². The Hall–Kier alpha value is -1.82. The molecule has 2 N–H and O–H groups in total. The Kier molecular flexibility index (Phi) is 5.78. The first kappa shape index (κ1) is 18.0. The van der Waals surface area contributed by atoms with E-state index in [4.69, 9.17) is 0 Å². The zero-order valence-electron chi connectivity index (χ0n) is 14.8. The molecule has 1 aromatic heterocycles. The van der Waals surface area contributed by atoms with Crippen molar-refractivity contribution in [3.63, 3.8) is 0 Å². The summed E-state index contributed by atoms with van der Waals surface area (Å²) < 4.78 is 1.09. The molecule has 0 aliphatic carbocycles. The predicted molar refractivity (Wildman–Crippen MR) is 104 cm³/mol. The first-order valence-electron chi connectivity index (χ1n) is 8.84. The zero-order valence-corrected chi connectivity index (χ0v) is 16.3. The van der Waals surface area contributed by atoms with Gasteiger partial charge in [-0.1, -0.05) is 35.8 Å². The Bertz CT molecular complexity index is 728. The molecule has 25 heavy (non-hydrogen) atoms. The number of rotatable bonds is 6. The van der Waals surface area contributed by atoms with E-state index < -0.39 is 0 Å². The lowest BCUT2D eigenvalue weighted by Gasteiger charge is -2.19. The third kappa shape index (κ3) is 4.84. The number of benzene rings is 1. The van der Waals surface area contributed by atoms with Gasteiger partial charge in [0.25, 0.3) is 5.91 Å². The summed E-state index contributed by atoms with van der Waals surface area (Å²) in [6, 6.07) is 10.2. The van der Waals surface area contributed by atoms with Crippen LogP contribution in [0.3, 0.4) is 0 Å². The van der Waals surface area contributed by atoms with Crippen LogP contribution in [0.25, 0.3) is 0 Å². The summed E-state index contributed by atoms with van der Waals surface area (Å²) in [7, 11) is 0. The van der Waals surface area contributed by atoms with Gasteiger partial charge in [0, 0.05) is 35.5 Å². The van der Waals surface area contributed by atoms with E-state index in [1.807, 2.05) is 12.1 Å². The highest BCUT2D eigenvalue weighted by Crippen LogP contribution is 2.26. The van der Waals surface area contributed by atoms with E-state index in [1.54, 1.807) is 0 Å². The van der Waals surface area contributed by atoms with Gasteiger partial charge in [0.2, 0.25) is 0 Å². The molecular weight excluding hydrogens is 380 g/mol. The van der Waals surface area contributed by atoms with Crippen molar-refractivity contribution in [1.82, 2.24) is 15.5 Å². The van der Waals surface area contributed by atoms with E-state index in [0.29, 0.717) is 24.1 Å². The van der Waals surface area contributed by atoms with Gasteiger partial charge in [-0.05, 0) is 48.9 Å². The number of anilines is 1. The van der Waals surface area contributed by atoms with Crippen molar-refractivity contribution >= 4 is 27.5 Å². The molecule has 1 atom stereocenters. The SMILES string of the molecule is CC(C)Cc1cc(C(=O)NCC2CCN(c3cccc(Br)c3)C2)n[nH]1. The highest BCUT2D eigenvalue weighted by Gasteiger charge is 2.23. The van der Waals surface area contributed by atoms with Crippen LogP contribution in [0, 0.1) is 11.8 Å². The number of nitrogens with one attached hydrogen (secondary N) is 2. The van der Waals surface area contributed by atoms with Gasteiger partial charge in [0.05, 0.1) is 0 Å². The van der Waals surface area contributed by atoms with Gasteiger partial charge in [-0.15, -0.1) is 0 Å². The number of carbonyl (C=O) groups is 1. The highest BCUT2D eigenvalue weighted by atomic mass is 79.9. The van der Waals surface area contributed by atoms with E-state index in [9.17, 15) is 4.79 Å². The molecule has 2 aromatic rings. The molecule has 1 saturated heterocycles. The molecule has 1 aliphatic rings. The monoisotopic (exact) mass is 404 g/mol. The van der Waals surface area contributed by atoms with Crippen LogP contribution in [0.4, 0.5) is 5.69 Å². The van der Waals surface area contributed by atoms with Crippen LogP contribution in [-0.4, -0.2) is 35.7 Å². The summed E-state index contributed by atoms with van der Waals surface area (Å²) in [5, 5.41) is 10.1. The fourth-order valence-electron chi connectivity index (χ4n) is 3.26. The third-order valence-corrected chi connectivity index (χ3v) is 5.00. The third-order valence-electron chi connectivity index (χ3n) is 4.50. The largest absolute Gasteiger partial charge is 0.371 e. The molecule has 2 heterocycles. The second kappa shape index (κ2) is 8.04. The second-order valence-electron chi connectivity index (χ2n) is 7.17. The summed E-state index contributed by atoms with van der Waals surface area (Å²) in [5.74, 6) is 0.919. The molecule has 0 radical (unpaired) electrons. The minimum atomic E-state index is -0.0906. The van der Waals surface area contributed by atoms with Gasteiger partial charge in [-0.25, -0.2) is 0 Å². The van der Waals surface area contributed by atoms with Crippen LogP contribution in [0.1, 0.15) is 36.5 Å². The lowest BCUT2D eigenvalue weighted by molar-refractivity contribution is 0.0943. The highest BCUT2D eigenvalue weighted by molar-refractivity contribution is 9.10. The molecule has 1 aromatic carbocycles. The van der Waals surface area contributed by atoms with E-state index in [1.165, 1.54) is 5.69 Å². The smallest absolute Gasteiger partial charge is 0.271 e. The van der Waals surface area contributed by atoms with Crippen LogP contribution in [0.5, 0.6) is 0 Å². The molecule has 1 aliphatic heterocycles. The van der Waals surface area contributed by atoms with Crippen molar-refractivity contribution in [2.45, 2.75) is 26.7 Å². The fourth-order valence-corrected chi connectivity index (χ4v) is 3.64. The number of aromatic nitrogens is 2. The Morgan fingerprint density at radius 1 is 1.44 bits per heavy atom. The van der Waals surface area contributed by atoms with Crippen molar-refractivity contribution in [2.75, 3.05) is 24.5 Å². The topological polar surface area (TPSA) is 61.0 Å².